The van der Waals surface area contributed by atoms with E-state index in [4.69, 9.17) is 38.5 Å². The lowest BCUT2D eigenvalue weighted by atomic mass is 10.0. The number of fused-ring (bicyclic) bond motifs is 2. The third-order valence-corrected chi connectivity index (χ3v) is 9.81. The molecule has 0 amide bonds. The largest absolute Gasteiger partial charge is 0.460 e. The van der Waals surface area contributed by atoms with E-state index >= 15 is 0 Å². The Labute approximate surface area is 274 Å². The van der Waals surface area contributed by atoms with Crippen LogP contribution in [0.5, 0.6) is 5.75 Å². The number of nitrogen functional groups attached to an aromatic ring is 1. The summed E-state index contributed by atoms with van der Waals surface area (Å²) in [7, 11) is -4.66. The van der Waals surface area contributed by atoms with Gasteiger partial charge in [0, 0.05) is 12.8 Å². The molecule has 7 atom stereocenters. The molecule has 18 heteroatoms. The summed E-state index contributed by atoms with van der Waals surface area (Å²) in [4.78, 5) is 42.7. The van der Waals surface area contributed by atoms with Gasteiger partial charge in [-0.2, -0.15) is 15.4 Å². The van der Waals surface area contributed by atoms with Gasteiger partial charge in [-0.05, 0) is 31.2 Å². The Balaban J connectivity index is 1.40. The van der Waals surface area contributed by atoms with Gasteiger partial charge in [-0.1, -0.05) is 32.0 Å². The molecule has 2 aliphatic heterocycles. The maximum absolute atomic E-state index is 14.6. The number of rotatable bonds is 13. The van der Waals surface area contributed by atoms with Crippen molar-refractivity contribution in [2.45, 2.75) is 75.3 Å². The third kappa shape index (κ3) is 5.65. The Morgan fingerprint density at radius 2 is 1.88 bits per heavy atom. The summed E-state index contributed by atoms with van der Waals surface area (Å²) in [5.41, 5.74) is 2.40. The first-order valence-corrected chi connectivity index (χ1v) is 16.7. The van der Waals surface area contributed by atoms with Crippen LogP contribution in [0.3, 0.4) is 0 Å². The predicted molar refractivity (Wildman–Crippen MR) is 162 cm³/mol. The van der Waals surface area contributed by atoms with Crippen LogP contribution < -0.4 is 15.3 Å². The maximum Gasteiger partial charge on any atom is 0.460 e. The van der Waals surface area contributed by atoms with E-state index in [9.17, 15) is 24.2 Å². The van der Waals surface area contributed by atoms with Crippen molar-refractivity contribution in [3.05, 3.63) is 54.5 Å². The van der Waals surface area contributed by atoms with Gasteiger partial charge in [-0.3, -0.25) is 18.9 Å². The molecule has 3 N–H and O–H groups in total. The van der Waals surface area contributed by atoms with E-state index in [2.05, 4.69) is 15.2 Å². The maximum atomic E-state index is 14.6. The molecule has 2 unspecified atom stereocenters. The topological polar surface area (TPSA) is 225 Å². The summed E-state index contributed by atoms with van der Waals surface area (Å²) in [5.74, 6) is -2.04. The van der Waals surface area contributed by atoms with Gasteiger partial charge in [0.15, 0.2) is 18.0 Å². The van der Waals surface area contributed by atoms with E-state index in [0.29, 0.717) is 11.2 Å². The molecule has 6 rings (SSSR count). The summed E-state index contributed by atoms with van der Waals surface area (Å²) in [6.45, 7) is 4.90. The molecule has 1 aromatic carbocycles. The van der Waals surface area contributed by atoms with E-state index in [0.717, 1.165) is 0 Å². The third-order valence-electron chi connectivity index (χ3n) is 8.16. The summed E-state index contributed by atoms with van der Waals surface area (Å²) >= 11 is 0. The van der Waals surface area contributed by atoms with E-state index in [-0.39, 0.29) is 37.6 Å². The van der Waals surface area contributed by atoms with Crippen molar-refractivity contribution in [3.63, 3.8) is 0 Å². The number of nitrogens with one attached hydrogen (secondary N) is 1. The fourth-order valence-corrected chi connectivity index (χ4v) is 7.36. The van der Waals surface area contributed by atoms with Gasteiger partial charge in [-0.25, -0.2) is 14.1 Å². The van der Waals surface area contributed by atoms with Gasteiger partial charge in [0.05, 0.1) is 18.9 Å². The molecule has 2 saturated heterocycles. The minimum absolute atomic E-state index is 0.0844. The zero-order chi connectivity index (χ0) is 34.3. The molecule has 48 heavy (non-hydrogen) atoms. The molecule has 1 aliphatic carbocycles. The zero-order valence-electron chi connectivity index (χ0n) is 26.1. The number of benzene rings is 1. The number of carbonyl (C=O) groups is 3. The van der Waals surface area contributed by atoms with Gasteiger partial charge >= 0.3 is 25.7 Å². The molecular formula is C30H33N6O11P. The van der Waals surface area contributed by atoms with Crippen molar-refractivity contribution in [1.82, 2.24) is 19.7 Å². The first kappa shape index (κ1) is 33.3. The van der Waals surface area contributed by atoms with Gasteiger partial charge in [0.2, 0.25) is 11.2 Å². The molecule has 1 saturated carbocycles. The molecule has 4 heterocycles. The molecule has 3 aliphatic rings. The van der Waals surface area contributed by atoms with Crippen LogP contribution >= 0.6 is 7.75 Å². The zero-order valence-corrected chi connectivity index (χ0v) is 27.0. The minimum atomic E-state index is -4.66. The number of anilines is 1. The highest BCUT2D eigenvalue weighted by molar-refractivity contribution is 7.52. The van der Waals surface area contributed by atoms with Crippen molar-refractivity contribution in [2.75, 3.05) is 18.9 Å². The van der Waals surface area contributed by atoms with Crippen molar-refractivity contribution < 1.29 is 51.7 Å². The Morgan fingerprint density at radius 3 is 2.52 bits per heavy atom. The lowest BCUT2D eigenvalue weighted by molar-refractivity contribution is -0.177. The van der Waals surface area contributed by atoms with Crippen LogP contribution in [0.2, 0.25) is 0 Å². The van der Waals surface area contributed by atoms with Crippen LogP contribution in [-0.4, -0.2) is 81.3 Å². The summed E-state index contributed by atoms with van der Waals surface area (Å²) < 4.78 is 56.3. The first-order valence-electron chi connectivity index (χ1n) is 15.2. The molecule has 254 valence electrons. The highest BCUT2D eigenvalue weighted by Crippen LogP contribution is 2.70. The second kappa shape index (κ2) is 12.8. The van der Waals surface area contributed by atoms with Crippen molar-refractivity contribution in [1.29, 1.82) is 5.26 Å². The Bertz CT molecular complexity index is 1810. The van der Waals surface area contributed by atoms with E-state index in [1.165, 1.54) is 36.8 Å². The highest BCUT2D eigenvalue weighted by Gasteiger charge is 2.95. The van der Waals surface area contributed by atoms with Crippen LogP contribution in [0, 0.1) is 11.3 Å². The van der Waals surface area contributed by atoms with Crippen LogP contribution in [0.4, 0.5) is 5.82 Å². The number of para-hydroxylation sites is 1. The number of hydrogen-bond donors (Lipinski definition) is 2. The molecule has 2 aromatic heterocycles. The molecule has 3 aromatic rings. The number of nitrogens with two attached hydrogens (primary N) is 1. The van der Waals surface area contributed by atoms with Crippen LogP contribution in [-0.2, 0) is 47.2 Å². The lowest BCUT2D eigenvalue weighted by Gasteiger charge is -2.30. The summed E-state index contributed by atoms with van der Waals surface area (Å²) in [6, 6.07) is 11.9. The lowest BCUT2D eigenvalue weighted by Crippen LogP contribution is -2.44. The van der Waals surface area contributed by atoms with Gasteiger partial charge in [0.1, 0.15) is 41.9 Å². The van der Waals surface area contributed by atoms with Crippen molar-refractivity contribution >= 4 is 37.0 Å². The fraction of sp³-hybridized carbons (Fsp3) is 0.467. The second-order valence-electron chi connectivity index (χ2n) is 11.3. The smallest absolute Gasteiger partial charge is 0.456 e. The van der Waals surface area contributed by atoms with E-state index in [1.807, 2.05) is 6.07 Å². The minimum Gasteiger partial charge on any atom is -0.456 e. The van der Waals surface area contributed by atoms with Crippen LogP contribution in [0.1, 0.15) is 45.4 Å². The predicted octanol–water partition coefficient (Wildman–Crippen LogP) is 2.16. The molecule has 17 nitrogen and oxygen atoms in total. The number of hydrogen-bond acceptors (Lipinski definition) is 15. The van der Waals surface area contributed by atoms with E-state index < -0.39 is 67.3 Å². The normalized spacial score (nSPS) is 27.8. The van der Waals surface area contributed by atoms with Crippen molar-refractivity contribution in [3.8, 4) is 11.8 Å². The molecule has 3 fully saturated rings. The summed E-state index contributed by atoms with van der Waals surface area (Å²) in [6.07, 6.45) is -3.89. The van der Waals surface area contributed by atoms with E-state index in [1.54, 1.807) is 37.3 Å². The first-order chi connectivity index (χ1) is 23.0. The molecule has 0 radical (unpaired) electrons. The van der Waals surface area contributed by atoms with Gasteiger partial charge in [-0.15, -0.1) is 0 Å². The quantitative estimate of drug-likeness (QED) is 0.149. The number of aromatic nitrogens is 3. The average molecular weight is 685 g/mol. The Kier molecular flexibility index (Phi) is 8.88. The average Bonchev–Trinajstić information content (AvgIpc) is 3.30. The number of nitriles is 1. The number of nitrogens with zero attached hydrogens (tertiary/aromatic N) is 4. The Hall–Kier alpha value is -4.59. The molecule has 0 spiro atoms. The summed E-state index contributed by atoms with van der Waals surface area (Å²) in [5, 5.41) is 17.5. The second-order valence-corrected chi connectivity index (χ2v) is 13.0. The highest BCUT2D eigenvalue weighted by atomic mass is 31.2. The van der Waals surface area contributed by atoms with Gasteiger partial charge < -0.3 is 33.9 Å². The SMILES string of the molecule is CCC(=O)O[C@H]1[C@H](c2ccc3c(N)ncnn23)O[C@]2(C#N)C(OP(=O)(N[C@@H](C)C(=O)OC3COC3)Oc3ccccc3)[C@]12OC(=O)CC. The van der Waals surface area contributed by atoms with Crippen LogP contribution in [0.25, 0.3) is 5.52 Å². The monoisotopic (exact) mass is 684 g/mol. The fourth-order valence-electron chi connectivity index (χ4n) is 5.64. The number of carbonyl (C=O) groups excluding carboxylic acids is 3. The van der Waals surface area contributed by atoms with Crippen molar-refractivity contribution in [2.24, 2.45) is 0 Å². The Morgan fingerprint density at radius 1 is 1.15 bits per heavy atom. The molecule has 0 bridgehead atoms. The number of esters is 3. The number of ether oxygens (including phenoxy) is 5. The molecular weight excluding hydrogens is 651 g/mol. The van der Waals surface area contributed by atoms with Crippen LogP contribution in [0.15, 0.2) is 48.8 Å². The standard InChI is InChI=1S/C30H33N6O11P/c1-4-22(37)43-25-24(20-11-12-21-26(32)33-16-34-36(20)21)45-29(15-31)28(30(25,29)44-23(38)5-2)47-48(40,46-18-9-7-6-8-10-18)35-17(3)27(39)42-19-13-41-14-19/h6-12,16-17,19,24-25,28H,4-5,13-14H2,1-3H3,(H,35,40)(H2,32,33,34)/t17-,24-,25-,28?,29+,30+,48?/m0/s1. The van der Waals surface area contributed by atoms with Gasteiger partial charge in [0.25, 0.3) is 0 Å².